The molecule has 98 valence electrons. The third-order valence-electron chi connectivity index (χ3n) is 4.33. The Hall–Kier alpha value is -1.29. The number of imidazole rings is 1. The van der Waals surface area contributed by atoms with Gasteiger partial charge in [0.1, 0.15) is 5.65 Å². The van der Waals surface area contributed by atoms with Gasteiger partial charge >= 0.3 is 0 Å². The van der Waals surface area contributed by atoms with E-state index in [-0.39, 0.29) is 5.92 Å². The predicted molar refractivity (Wildman–Crippen MR) is 76.6 cm³/mol. The summed E-state index contributed by atoms with van der Waals surface area (Å²) in [6.45, 7) is 0. The Labute approximate surface area is 116 Å². The summed E-state index contributed by atoms with van der Waals surface area (Å²) in [5, 5.41) is 1.45. The van der Waals surface area contributed by atoms with Gasteiger partial charge < -0.3 is 4.40 Å². The lowest BCUT2D eigenvalue weighted by molar-refractivity contribution is 0.0906. The highest BCUT2D eigenvalue weighted by Gasteiger charge is 2.37. The smallest absolute Gasteiger partial charge is 0.167 e. The summed E-state index contributed by atoms with van der Waals surface area (Å²) in [6, 6.07) is 3.85. The van der Waals surface area contributed by atoms with Crippen LogP contribution in [0.3, 0.4) is 0 Å². The summed E-state index contributed by atoms with van der Waals surface area (Å²) < 4.78 is 1.93. The maximum Gasteiger partial charge on any atom is 0.167 e. The first kappa shape index (κ1) is 11.5. The topological polar surface area (TPSA) is 34.4 Å². The minimum atomic E-state index is 0.236. The molecule has 2 aliphatic heterocycles. The molecule has 2 aliphatic rings. The predicted octanol–water partition coefficient (Wildman–Crippen LogP) is 3.19. The molecule has 2 unspecified atom stereocenters. The molecule has 4 heterocycles. The molecule has 0 spiro atoms. The molecule has 2 fully saturated rings. The van der Waals surface area contributed by atoms with E-state index < -0.39 is 0 Å². The zero-order chi connectivity index (χ0) is 12.8. The van der Waals surface area contributed by atoms with Crippen molar-refractivity contribution >= 4 is 23.2 Å². The van der Waals surface area contributed by atoms with Crippen molar-refractivity contribution in [2.45, 2.75) is 36.2 Å². The maximum absolute atomic E-state index is 12.6. The number of Topliss-reactive ketones (excluding diaryl/α,β-unsaturated/α-hetero) is 1. The lowest BCUT2D eigenvalue weighted by Gasteiger charge is -2.26. The molecule has 3 nitrogen and oxygen atoms in total. The highest BCUT2D eigenvalue weighted by molar-refractivity contribution is 8.00. The van der Waals surface area contributed by atoms with E-state index in [0.29, 0.717) is 5.78 Å². The number of carbonyl (C=O) groups is 1. The van der Waals surface area contributed by atoms with Crippen molar-refractivity contribution in [2.24, 2.45) is 5.92 Å². The first-order chi connectivity index (χ1) is 9.29. The Morgan fingerprint density at radius 2 is 2.05 bits per heavy atom. The van der Waals surface area contributed by atoms with Crippen molar-refractivity contribution in [3.8, 4) is 0 Å². The molecule has 0 saturated carbocycles. The largest absolute Gasteiger partial charge is 0.306 e. The Morgan fingerprint density at radius 3 is 2.84 bits per heavy atom. The molecule has 2 aromatic heterocycles. The number of hydrogen-bond acceptors (Lipinski definition) is 3. The molecule has 0 N–H and O–H groups in total. The van der Waals surface area contributed by atoms with Crippen LogP contribution in [0.1, 0.15) is 36.0 Å². The van der Waals surface area contributed by atoms with E-state index in [9.17, 15) is 4.79 Å². The van der Waals surface area contributed by atoms with E-state index in [2.05, 4.69) is 16.7 Å². The van der Waals surface area contributed by atoms with Gasteiger partial charge in [-0.25, -0.2) is 4.98 Å². The van der Waals surface area contributed by atoms with Crippen molar-refractivity contribution in [3.05, 3.63) is 36.3 Å². The summed E-state index contributed by atoms with van der Waals surface area (Å²) >= 11 is 2.11. The van der Waals surface area contributed by atoms with Crippen LogP contribution in [0.5, 0.6) is 0 Å². The number of thioether (sulfide) groups is 1. The van der Waals surface area contributed by atoms with Crippen LogP contribution in [0.25, 0.3) is 5.65 Å². The SMILES string of the molecule is O=C(c1ccc2nccn2c1)C1CC2CCC(C1)S2. The van der Waals surface area contributed by atoms with Crippen LogP contribution in [0, 0.1) is 5.92 Å². The molecule has 0 amide bonds. The minimum Gasteiger partial charge on any atom is -0.306 e. The number of pyridine rings is 1. The van der Waals surface area contributed by atoms with E-state index in [0.717, 1.165) is 34.6 Å². The average molecular weight is 272 g/mol. The van der Waals surface area contributed by atoms with E-state index in [1.54, 1.807) is 6.20 Å². The van der Waals surface area contributed by atoms with Gasteiger partial charge in [0.25, 0.3) is 0 Å². The number of rotatable bonds is 2. The van der Waals surface area contributed by atoms with Gasteiger partial charge in [0.05, 0.1) is 0 Å². The molecule has 2 atom stereocenters. The molecule has 2 bridgehead atoms. The monoisotopic (exact) mass is 272 g/mol. The Bertz CT molecular complexity index is 624. The van der Waals surface area contributed by atoms with Crippen LogP contribution in [0.4, 0.5) is 0 Å². The zero-order valence-corrected chi connectivity index (χ0v) is 11.5. The molecule has 19 heavy (non-hydrogen) atoms. The van der Waals surface area contributed by atoms with Gasteiger partial charge in [0.15, 0.2) is 5.78 Å². The fourth-order valence-corrected chi connectivity index (χ4v) is 5.15. The van der Waals surface area contributed by atoms with Gasteiger partial charge in [0, 0.05) is 40.6 Å². The summed E-state index contributed by atoms with van der Waals surface area (Å²) in [5.74, 6) is 0.563. The second-order valence-corrected chi connectivity index (χ2v) is 7.21. The molecule has 2 saturated heterocycles. The number of nitrogens with zero attached hydrogens (tertiary/aromatic N) is 2. The lowest BCUT2D eigenvalue weighted by Crippen LogP contribution is -2.25. The van der Waals surface area contributed by atoms with E-state index in [4.69, 9.17) is 0 Å². The molecule has 2 aromatic rings. The average Bonchev–Trinajstić information content (AvgIpc) is 3.03. The lowest BCUT2D eigenvalue weighted by atomic mass is 9.91. The second kappa shape index (κ2) is 4.37. The Balaban J connectivity index is 1.62. The first-order valence-corrected chi connectivity index (χ1v) is 7.86. The molecule has 0 aromatic carbocycles. The second-order valence-electron chi connectivity index (χ2n) is 5.60. The number of ketones is 1. The summed E-state index contributed by atoms with van der Waals surface area (Å²) in [6.07, 6.45) is 10.3. The number of carbonyl (C=O) groups excluding carboxylic acids is 1. The van der Waals surface area contributed by atoms with Crippen molar-refractivity contribution in [1.29, 1.82) is 0 Å². The number of fused-ring (bicyclic) bond motifs is 3. The van der Waals surface area contributed by atoms with E-state index in [1.807, 2.05) is 28.9 Å². The number of aromatic nitrogens is 2. The van der Waals surface area contributed by atoms with Gasteiger partial charge in [-0.1, -0.05) is 0 Å². The van der Waals surface area contributed by atoms with Gasteiger partial charge in [-0.3, -0.25) is 4.79 Å². The van der Waals surface area contributed by atoms with Gasteiger partial charge in [0.2, 0.25) is 0 Å². The summed E-state index contributed by atoms with van der Waals surface area (Å²) in [4.78, 5) is 16.9. The van der Waals surface area contributed by atoms with Gasteiger partial charge in [-0.05, 0) is 37.8 Å². The van der Waals surface area contributed by atoms with Gasteiger partial charge in [-0.15, -0.1) is 0 Å². The van der Waals surface area contributed by atoms with E-state index >= 15 is 0 Å². The fourth-order valence-electron chi connectivity index (χ4n) is 3.37. The zero-order valence-electron chi connectivity index (χ0n) is 10.7. The summed E-state index contributed by atoms with van der Waals surface area (Å²) in [5.41, 5.74) is 1.73. The highest BCUT2D eigenvalue weighted by atomic mass is 32.2. The molecular weight excluding hydrogens is 256 g/mol. The van der Waals surface area contributed by atoms with Gasteiger partial charge in [-0.2, -0.15) is 11.8 Å². The van der Waals surface area contributed by atoms with Crippen LogP contribution in [0.15, 0.2) is 30.7 Å². The minimum absolute atomic E-state index is 0.236. The molecule has 4 rings (SSSR count). The van der Waals surface area contributed by atoms with Crippen molar-refractivity contribution < 1.29 is 4.79 Å². The quantitative estimate of drug-likeness (QED) is 0.787. The van der Waals surface area contributed by atoms with Crippen molar-refractivity contribution in [2.75, 3.05) is 0 Å². The van der Waals surface area contributed by atoms with Crippen LogP contribution in [0.2, 0.25) is 0 Å². The first-order valence-electron chi connectivity index (χ1n) is 6.92. The van der Waals surface area contributed by atoms with Crippen LogP contribution in [-0.2, 0) is 0 Å². The van der Waals surface area contributed by atoms with Crippen LogP contribution >= 0.6 is 11.8 Å². The third kappa shape index (κ3) is 1.98. The number of hydrogen-bond donors (Lipinski definition) is 0. The molecule has 0 aliphatic carbocycles. The highest BCUT2D eigenvalue weighted by Crippen LogP contribution is 2.46. The van der Waals surface area contributed by atoms with E-state index in [1.165, 1.54) is 12.8 Å². The van der Waals surface area contributed by atoms with Crippen molar-refractivity contribution in [3.63, 3.8) is 0 Å². The maximum atomic E-state index is 12.6. The molecule has 4 heteroatoms. The Kier molecular flexibility index (Phi) is 2.65. The fraction of sp³-hybridized carbons (Fsp3) is 0.467. The Morgan fingerprint density at radius 1 is 1.26 bits per heavy atom. The molecular formula is C15H16N2OS. The summed E-state index contributed by atoms with van der Waals surface area (Å²) in [7, 11) is 0. The standard InChI is InChI=1S/C15H16N2OS/c18-15(11-7-12-2-3-13(8-11)19-12)10-1-4-14-16-5-6-17(14)9-10/h1,4-6,9,11-13H,2-3,7-8H2. The normalized spacial score (nSPS) is 29.8. The molecule has 0 radical (unpaired) electrons. The van der Waals surface area contributed by atoms with Crippen LogP contribution < -0.4 is 0 Å². The van der Waals surface area contributed by atoms with Crippen LogP contribution in [-0.4, -0.2) is 25.7 Å². The third-order valence-corrected chi connectivity index (χ3v) is 5.96. The van der Waals surface area contributed by atoms with Crippen molar-refractivity contribution in [1.82, 2.24) is 9.38 Å².